The molecule has 1 aliphatic rings. The quantitative estimate of drug-likeness (QED) is 0.566. The molecule has 0 aromatic rings. The van der Waals surface area contributed by atoms with Crippen molar-refractivity contribution < 1.29 is 0 Å². The predicted octanol–water partition coefficient (Wildman–Crippen LogP) is 4.12. The third-order valence-electron chi connectivity index (χ3n) is 3.44. The zero-order valence-electron chi connectivity index (χ0n) is 10.9. The molecule has 0 aliphatic heterocycles. The van der Waals surface area contributed by atoms with E-state index in [-0.39, 0.29) is 0 Å². The summed E-state index contributed by atoms with van der Waals surface area (Å²) in [6.45, 7) is 6.97. The lowest BCUT2D eigenvalue weighted by Gasteiger charge is -2.19. The van der Waals surface area contributed by atoms with Gasteiger partial charge in [-0.3, -0.25) is 0 Å². The number of hydrogen-bond donors (Lipinski definition) is 1. The molecule has 0 bridgehead atoms. The minimum atomic E-state index is 0.718. The lowest BCUT2D eigenvalue weighted by Crippen LogP contribution is -2.34. The van der Waals surface area contributed by atoms with Crippen molar-refractivity contribution in [1.82, 2.24) is 5.32 Å². The zero-order valence-corrected chi connectivity index (χ0v) is 10.9. The van der Waals surface area contributed by atoms with Crippen LogP contribution < -0.4 is 5.32 Å². The van der Waals surface area contributed by atoms with E-state index in [1.165, 1.54) is 51.4 Å². The van der Waals surface area contributed by atoms with E-state index in [9.17, 15) is 0 Å². The van der Waals surface area contributed by atoms with Gasteiger partial charge in [0.2, 0.25) is 0 Å². The lowest BCUT2D eigenvalue weighted by molar-refractivity contribution is 0.404. The van der Waals surface area contributed by atoms with E-state index in [2.05, 4.69) is 26.1 Å². The molecular formula is C14H29N. The van der Waals surface area contributed by atoms with Crippen LogP contribution in [-0.4, -0.2) is 12.1 Å². The summed E-state index contributed by atoms with van der Waals surface area (Å²) >= 11 is 0. The predicted molar refractivity (Wildman–Crippen MR) is 68.2 cm³/mol. The maximum atomic E-state index is 3.73. The van der Waals surface area contributed by atoms with E-state index in [1.807, 2.05) is 0 Å². The van der Waals surface area contributed by atoms with E-state index >= 15 is 0 Å². The molecule has 0 heterocycles. The molecule has 0 aromatic carbocycles. The average molecular weight is 211 g/mol. The minimum Gasteiger partial charge on any atom is -0.312 e. The summed E-state index contributed by atoms with van der Waals surface area (Å²) in [6.07, 6.45) is 11.3. The second-order valence-corrected chi connectivity index (χ2v) is 5.50. The molecule has 0 spiro atoms. The number of nitrogens with one attached hydrogen (secondary N) is 1. The van der Waals surface area contributed by atoms with Crippen LogP contribution in [0, 0.1) is 5.92 Å². The molecule has 1 rings (SSSR count). The summed E-state index contributed by atoms with van der Waals surface area (Å²) < 4.78 is 0. The molecule has 1 aliphatic carbocycles. The summed E-state index contributed by atoms with van der Waals surface area (Å²) in [5.74, 6) is 1.06. The Hall–Kier alpha value is -0.0400. The Morgan fingerprint density at radius 3 is 2.40 bits per heavy atom. The maximum absolute atomic E-state index is 3.73. The summed E-state index contributed by atoms with van der Waals surface area (Å²) in [7, 11) is 0. The Labute approximate surface area is 96.0 Å². The molecule has 1 nitrogen and oxygen atoms in total. The van der Waals surface area contributed by atoms with Crippen LogP contribution in [0.3, 0.4) is 0 Å². The van der Waals surface area contributed by atoms with E-state index in [4.69, 9.17) is 0 Å². The number of hydrogen-bond acceptors (Lipinski definition) is 1. The van der Waals surface area contributed by atoms with Gasteiger partial charge in [-0.2, -0.15) is 0 Å². The van der Waals surface area contributed by atoms with Crippen molar-refractivity contribution in [3.8, 4) is 0 Å². The second kappa shape index (κ2) is 7.27. The first-order chi connectivity index (χ1) is 7.22. The average Bonchev–Trinajstić information content (AvgIpc) is 2.96. The molecule has 1 heteroatoms. The normalized spacial score (nSPS) is 20.2. The van der Waals surface area contributed by atoms with Gasteiger partial charge in [-0.1, -0.05) is 45.4 Å². The van der Waals surface area contributed by atoms with E-state index < -0.39 is 0 Å². The minimum absolute atomic E-state index is 0.718. The highest BCUT2D eigenvalue weighted by atomic mass is 14.9. The third kappa shape index (κ3) is 6.94. The van der Waals surface area contributed by atoms with Crippen molar-refractivity contribution in [3.05, 3.63) is 0 Å². The summed E-state index contributed by atoms with van der Waals surface area (Å²) in [5.41, 5.74) is 0. The first-order valence-corrected chi connectivity index (χ1v) is 6.98. The first-order valence-electron chi connectivity index (χ1n) is 6.98. The summed E-state index contributed by atoms with van der Waals surface area (Å²) in [6, 6.07) is 1.45. The molecule has 90 valence electrons. The lowest BCUT2D eigenvalue weighted by atomic mass is 10.1. The van der Waals surface area contributed by atoms with E-state index in [0.29, 0.717) is 0 Å². The van der Waals surface area contributed by atoms with Crippen molar-refractivity contribution in [2.45, 2.75) is 84.2 Å². The first kappa shape index (κ1) is 13.0. The molecule has 0 radical (unpaired) electrons. The van der Waals surface area contributed by atoms with E-state index in [0.717, 1.165) is 18.0 Å². The standard InChI is InChI=1S/C14H29N/c1-4-5-6-7-8-12(2)15-13(3)11-14-9-10-14/h12-15H,4-11H2,1-3H3. The van der Waals surface area contributed by atoms with Gasteiger partial charge in [-0.05, 0) is 32.6 Å². The largest absolute Gasteiger partial charge is 0.312 e. The fourth-order valence-corrected chi connectivity index (χ4v) is 2.37. The van der Waals surface area contributed by atoms with Crippen molar-refractivity contribution in [2.75, 3.05) is 0 Å². The van der Waals surface area contributed by atoms with Crippen molar-refractivity contribution in [2.24, 2.45) is 5.92 Å². The molecule has 1 N–H and O–H groups in total. The Bertz CT molecular complexity index is 151. The van der Waals surface area contributed by atoms with Gasteiger partial charge >= 0.3 is 0 Å². The van der Waals surface area contributed by atoms with Crippen molar-refractivity contribution in [1.29, 1.82) is 0 Å². The van der Waals surface area contributed by atoms with Crippen LogP contribution in [0.25, 0.3) is 0 Å². The molecule has 2 atom stereocenters. The highest BCUT2D eigenvalue weighted by Gasteiger charge is 2.23. The van der Waals surface area contributed by atoms with Gasteiger partial charge in [0, 0.05) is 12.1 Å². The fraction of sp³-hybridized carbons (Fsp3) is 1.00. The molecule has 1 fully saturated rings. The highest BCUT2D eigenvalue weighted by Crippen LogP contribution is 2.33. The van der Waals surface area contributed by atoms with Gasteiger partial charge in [0.15, 0.2) is 0 Å². The molecule has 0 aromatic heterocycles. The molecule has 1 saturated carbocycles. The second-order valence-electron chi connectivity index (χ2n) is 5.50. The van der Waals surface area contributed by atoms with Crippen molar-refractivity contribution >= 4 is 0 Å². The van der Waals surface area contributed by atoms with Crippen LogP contribution in [0.2, 0.25) is 0 Å². The van der Waals surface area contributed by atoms with E-state index in [1.54, 1.807) is 0 Å². The summed E-state index contributed by atoms with van der Waals surface area (Å²) in [4.78, 5) is 0. The van der Waals surface area contributed by atoms with Crippen LogP contribution in [0.4, 0.5) is 0 Å². The fourth-order valence-electron chi connectivity index (χ4n) is 2.37. The monoisotopic (exact) mass is 211 g/mol. The maximum Gasteiger partial charge on any atom is 0.00438 e. The summed E-state index contributed by atoms with van der Waals surface area (Å²) in [5, 5.41) is 3.73. The van der Waals surface area contributed by atoms with Crippen LogP contribution in [0.1, 0.15) is 72.1 Å². The Morgan fingerprint density at radius 1 is 1.07 bits per heavy atom. The van der Waals surface area contributed by atoms with Crippen LogP contribution >= 0.6 is 0 Å². The van der Waals surface area contributed by atoms with Gasteiger partial charge in [-0.15, -0.1) is 0 Å². The van der Waals surface area contributed by atoms with Gasteiger partial charge in [0.25, 0.3) is 0 Å². The smallest absolute Gasteiger partial charge is 0.00438 e. The molecule has 0 saturated heterocycles. The molecule has 15 heavy (non-hydrogen) atoms. The van der Waals surface area contributed by atoms with Gasteiger partial charge in [0.05, 0.1) is 0 Å². The Balaban J connectivity index is 1.93. The number of unbranched alkanes of at least 4 members (excludes halogenated alkanes) is 3. The van der Waals surface area contributed by atoms with Crippen LogP contribution in [0.5, 0.6) is 0 Å². The highest BCUT2D eigenvalue weighted by molar-refractivity contribution is 4.79. The van der Waals surface area contributed by atoms with Gasteiger partial charge in [0.1, 0.15) is 0 Å². The topological polar surface area (TPSA) is 12.0 Å². The third-order valence-corrected chi connectivity index (χ3v) is 3.44. The van der Waals surface area contributed by atoms with Crippen LogP contribution in [-0.2, 0) is 0 Å². The molecular weight excluding hydrogens is 182 g/mol. The Kier molecular flexibility index (Phi) is 6.31. The Morgan fingerprint density at radius 2 is 1.80 bits per heavy atom. The van der Waals surface area contributed by atoms with Crippen molar-refractivity contribution in [3.63, 3.8) is 0 Å². The zero-order chi connectivity index (χ0) is 11.1. The number of rotatable bonds is 9. The molecule has 2 unspecified atom stereocenters. The van der Waals surface area contributed by atoms with Crippen LogP contribution in [0.15, 0.2) is 0 Å². The van der Waals surface area contributed by atoms with Gasteiger partial charge < -0.3 is 5.32 Å². The van der Waals surface area contributed by atoms with Gasteiger partial charge in [-0.25, -0.2) is 0 Å². The SMILES string of the molecule is CCCCCCC(C)NC(C)CC1CC1. The molecule has 0 amide bonds.